The third-order valence-electron chi connectivity index (χ3n) is 2.93. The third-order valence-corrected chi connectivity index (χ3v) is 2.93. The lowest BCUT2D eigenvalue weighted by molar-refractivity contribution is -0.120. The summed E-state index contributed by atoms with van der Waals surface area (Å²) in [6.45, 7) is 6.92. The lowest BCUT2D eigenvalue weighted by Gasteiger charge is -2.10. The Labute approximate surface area is 125 Å². The van der Waals surface area contributed by atoms with E-state index < -0.39 is 0 Å². The fourth-order valence-corrected chi connectivity index (χ4v) is 1.75. The van der Waals surface area contributed by atoms with Crippen molar-refractivity contribution in [2.45, 2.75) is 39.5 Å². The molecule has 0 saturated heterocycles. The fourth-order valence-electron chi connectivity index (χ4n) is 1.75. The number of pyridine rings is 1. The second-order valence-electron chi connectivity index (χ2n) is 5.22. The maximum absolute atomic E-state index is 12.0. The van der Waals surface area contributed by atoms with Crippen molar-refractivity contribution in [2.75, 3.05) is 18.8 Å². The van der Waals surface area contributed by atoms with E-state index in [1.807, 2.05) is 20.8 Å². The van der Waals surface area contributed by atoms with Crippen LogP contribution in [0.2, 0.25) is 0 Å². The number of hydrogen-bond donors (Lipinski definition) is 3. The van der Waals surface area contributed by atoms with Crippen LogP contribution in [0.3, 0.4) is 0 Å². The Hall–Kier alpha value is -2.11. The number of hydrogen-bond acceptors (Lipinski definition) is 4. The highest BCUT2D eigenvalue weighted by Crippen LogP contribution is 2.15. The molecule has 116 valence electrons. The molecule has 21 heavy (non-hydrogen) atoms. The summed E-state index contributed by atoms with van der Waals surface area (Å²) in [4.78, 5) is 27.7. The molecule has 0 radical (unpaired) electrons. The molecule has 1 heterocycles. The van der Waals surface area contributed by atoms with Crippen LogP contribution >= 0.6 is 0 Å². The summed E-state index contributed by atoms with van der Waals surface area (Å²) in [6, 6.07) is 3.27. The quantitative estimate of drug-likeness (QED) is 0.708. The minimum absolute atomic E-state index is 0.0609. The second-order valence-corrected chi connectivity index (χ2v) is 5.22. The molecule has 0 saturated carbocycles. The van der Waals surface area contributed by atoms with Gasteiger partial charge in [0.25, 0.3) is 5.91 Å². The van der Waals surface area contributed by atoms with Crippen molar-refractivity contribution in [1.82, 2.24) is 15.6 Å². The number of carbonyl (C=O) groups is 2. The molecule has 0 aromatic carbocycles. The fraction of sp³-hybridized carbons (Fsp3) is 0.533. The topological polar surface area (TPSA) is 97.1 Å². The van der Waals surface area contributed by atoms with Crippen LogP contribution in [0.5, 0.6) is 0 Å². The lowest BCUT2D eigenvalue weighted by Crippen LogP contribution is -2.31. The summed E-state index contributed by atoms with van der Waals surface area (Å²) in [5.74, 6) is 0.218. The van der Waals surface area contributed by atoms with Crippen molar-refractivity contribution >= 4 is 17.6 Å². The smallest absolute Gasteiger partial charge is 0.251 e. The first-order valence-corrected chi connectivity index (χ1v) is 7.26. The molecular weight excluding hydrogens is 268 g/mol. The number of nitrogens with two attached hydrogens (primary N) is 1. The summed E-state index contributed by atoms with van der Waals surface area (Å²) >= 11 is 0. The van der Waals surface area contributed by atoms with E-state index in [9.17, 15) is 9.59 Å². The Morgan fingerprint density at radius 3 is 2.57 bits per heavy atom. The molecule has 1 aromatic heterocycles. The lowest BCUT2D eigenvalue weighted by atomic mass is 10.1. The molecule has 0 aliphatic rings. The highest BCUT2D eigenvalue weighted by molar-refractivity contribution is 5.95. The van der Waals surface area contributed by atoms with Crippen molar-refractivity contribution in [3.63, 3.8) is 0 Å². The minimum Gasteiger partial charge on any atom is -0.384 e. The zero-order chi connectivity index (χ0) is 15.8. The molecule has 0 fully saturated rings. The van der Waals surface area contributed by atoms with Gasteiger partial charge in [-0.05, 0) is 24.5 Å². The van der Waals surface area contributed by atoms with Crippen LogP contribution in [0, 0.1) is 0 Å². The molecule has 1 rings (SSSR count). The van der Waals surface area contributed by atoms with Crippen molar-refractivity contribution in [1.29, 1.82) is 0 Å². The average Bonchev–Trinajstić information content (AvgIpc) is 2.44. The highest BCUT2D eigenvalue weighted by Gasteiger charge is 2.11. The SMILES string of the molecule is CCCNC(=O)CCNC(=O)c1cc(N)nc(C(C)C)c1. The predicted octanol–water partition coefficient (Wildman–Crippen LogP) is 1.43. The number of carbonyl (C=O) groups excluding carboxylic acids is 2. The molecule has 6 heteroatoms. The summed E-state index contributed by atoms with van der Waals surface area (Å²) in [6.07, 6.45) is 1.16. The first kappa shape index (κ1) is 16.9. The van der Waals surface area contributed by atoms with Crippen LogP contribution in [0.1, 0.15) is 55.6 Å². The van der Waals surface area contributed by atoms with Crippen LogP contribution in [0.15, 0.2) is 12.1 Å². The van der Waals surface area contributed by atoms with Crippen LogP contribution in [-0.4, -0.2) is 29.9 Å². The number of nitrogen functional groups attached to an aromatic ring is 1. The van der Waals surface area contributed by atoms with Crippen molar-refractivity contribution in [2.24, 2.45) is 0 Å². The molecule has 0 bridgehead atoms. The van der Waals surface area contributed by atoms with Gasteiger partial charge in [-0.3, -0.25) is 9.59 Å². The van der Waals surface area contributed by atoms with E-state index in [-0.39, 0.29) is 24.2 Å². The number of anilines is 1. The highest BCUT2D eigenvalue weighted by atomic mass is 16.2. The van der Waals surface area contributed by atoms with Crippen molar-refractivity contribution in [3.8, 4) is 0 Å². The predicted molar refractivity (Wildman–Crippen MR) is 83.0 cm³/mol. The van der Waals surface area contributed by atoms with Crippen LogP contribution in [0.25, 0.3) is 0 Å². The molecule has 0 aliphatic carbocycles. The summed E-state index contributed by atoms with van der Waals surface area (Å²) in [7, 11) is 0. The molecule has 4 N–H and O–H groups in total. The van der Waals surface area contributed by atoms with E-state index in [1.54, 1.807) is 12.1 Å². The summed E-state index contributed by atoms with van der Waals surface area (Å²) in [5.41, 5.74) is 6.96. The summed E-state index contributed by atoms with van der Waals surface area (Å²) < 4.78 is 0. The first-order chi connectivity index (χ1) is 9.93. The van der Waals surface area contributed by atoms with Gasteiger partial charge < -0.3 is 16.4 Å². The average molecular weight is 292 g/mol. The van der Waals surface area contributed by atoms with E-state index in [4.69, 9.17) is 5.73 Å². The third kappa shape index (κ3) is 5.81. The number of nitrogens with one attached hydrogen (secondary N) is 2. The Morgan fingerprint density at radius 1 is 1.24 bits per heavy atom. The first-order valence-electron chi connectivity index (χ1n) is 7.26. The Balaban J connectivity index is 2.54. The van der Waals surface area contributed by atoms with E-state index in [0.29, 0.717) is 24.5 Å². The molecule has 1 aromatic rings. The van der Waals surface area contributed by atoms with E-state index in [2.05, 4.69) is 15.6 Å². The second kappa shape index (κ2) is 8.24. The maximum Gasteiger partial charge on any atom is 0.251 e. The Morgan fingerprint density at radius 2 is 1.95 bits per heavy atom. The van der Waals surface area contributed by atoms with E-state index >= 15 is 0 Å². The zero-order valence-corrected chi connectivity index (χ0v) is 12.9. The van der Waals surface area contributed by atoms with Gasteiger partial charge >= 0.3 is 0 Å². The minimum atomic E-state index is -0.241. The molecule has 2 amide bonds. The van der Waals surface area contributed by atoms with Crippen molar-refractivity contribution in [3.05, 3.63) is 23.4 Å². The van der Waals surface area contributed by atoms with Gasteiger partial charge in [-0.15, -0.1) is 0 Å². The van der Waals surface area contributed by atoms with Gasteiger partial charge in [0.1, 0.15) is 5.82 Å². The van der Waals surface area contributed by atoms with Crippen molar-refractivity contribution < 1.29 is 9.59 Å². The molecule has 0 unspecified atom stereocenters. The molecule has 0 spiro atoms. The zero-order valence-electron chi connectivity index (χ0n) is 12.9. The van der Waals surface area contributed by atoms with E-state index in [0.717, 1.165) is 12.1 Å². The van der Waals surface area contributed by atoms with Gasteiger partial charge in [0, 0.05) is 30.8 Å². The normalized spacial score (nSPS) is 10.5. The standard InChI is InChI=1S/C15H24N4O2/c1-4-6-17-14(20)5-7-18-15(21)11-8-12(10(2)3)19-13(16)9-11/h8-10H,4-7H2,1-3H3,(H2,16,19)(H,17,20)(H,18,21). The number of nitrogens with zero attached hydrogens (tertiary/aromatic N) is 1. The molecule has 0 aliphatic heterocycles. The van der Waals surface area contributed by atoms with Gasteiger partial charge in [-0.2, -0.15) is 0 Å². The van der Waals surface area contributed by atoms with Gasteiger partial charge in [0.15, 0.2) is 0 Å². The molecular formula is C15H24N4O2. The van der Waals surface area contributed by atoms with Gasteiger partial charge in [-0.25, -0.2) is 4.98 Å². The number of rotatable bonds is 7. The molecule has 0 atom stereocenters. The largest absolute Gasteiger partial charge is 0.384 e. The van der Waals surface area contributed by atoms with Gasteiger partial charge in [0.2, 0.25) is 5.91 Å². The maximum atomic E-state index is 12.0. The van der Waals surface area contributed by atoms with Crippen LogP contribution in [-0.2, 0) is 4.79 Å². The van der Waals surface area contributed by atoms with Gasteiger partial charge in [0.05, 0.1) is 0 Å². The van der Waals surface area contributed by atoms with Gasteiger partial charge in [-0.1, -0.05) is 20.8 Å². The van der Waals surface area contributed by atoms with Crippen LogP contribution < -0.4 is 16.4 Å². The monoisotopic (exact) mass is 292 g/mol. The summed E-state index contributed by atoms with van der Waals surface area (Å²) in [5, 5.41) is 5.48. The van der Waals surface area contributed by atoms with Crippen LogP contribution in [0.4, 0.5) is 5.82 Å². The number of aromatic nitrogens is 1. The number of amides is 2. The molecule has 6 nitrogen and oxygen atoms in total. The Kier molecular flexibility index (Phi) is 6.65. The Bertz CT molecular complexity index is 500. The van der Waals surface area contributed by atoms with E-state index in [1.165, 1.54) is 0 Å².